The Morgan fingerprint density at radius 3 is 2.68 bits per heavy atom. The third kappa shape index (κ3) is 3.91. The van der Waals surface area contributed by atoms with Gasteiger partial charge in [-0.3, -0.25) is 19.5 Å². The highest BCUT2D eigenvalue weighted by Crippen LogP contribution is 2.13. The average Bonchev–Trinajstić information content (AvgIpc) is 3.15. The molecular weight excluding hydrogens is 380 g/mol. The summed E-state index contributed by atoms with van der Waals surface area (Å²) in [4.78, 5) is 20.6. The highest BCUT2D eigenvalue weighted by Gasteiger charge is 2.13. The summed E-state index contributed by atoms with van der Waals surface area (Å²) < 4.78 is 28.7. The second-order valence-corrected chi connectivity index (χ2v) is 7.89. The molecule has 0 aliphatic rings. The molecule has 4 rings (SSSR count). The van der Waals surface area contributed by atoms with E-state index in [0.29, 0.717) is 22.3 Å². The van der Waals surface area contributed by atoms with Crippen molar-refractivity contribution < 1.29 is 13.2 Å². The molecule has 0 aliphatic heterocycles. The second kappa shape index (κ2) is 7.24. The minimum Gasteiger partial charge on any atom is -0.351 e. The van der Waals surface area contributed by atoms with E-state index in [1.807, 2.05) is 0 Å². The fraction of sp³-hybridized carbons (Fsp3) is 0.111. The molecule has 10 heteroatoms. The lowest BCUT2D eigenvalue weighted by atomic mass is 10.2. The Kier molecular flexibility index (Phi) is 4.62. The molecule has 0 aliphatic carbocycles. The van der Waals surface area contributed by atoms with Crippen LogP contribution in [0.15, 0.2) is 61.2 Å². The van der Waals surface area contributed by atoms with Crippen LogP contribution in [-0.4, -0.2) is 46.2 Å². The summed E-state index contributed by atoms with van der Waals surface area (Å²) in [6.07, 6.45) is 6.41. The number of rotatable bonds is 6. The van der Waals surface area contributed by atoms with E-state index in [1.165, 1.54) is 0 Å². The Morgan fingerprint density at radius 2 is 1.82 bits per heavy atom. The van der Waals surface area contributed by atoms with Gasteiger partial charge in [0.2, 0.25) is 10.0 Å². The lowest BCUT2D eigenvalue weighted by Crippen LogP contribution is -2.31. The largest absolute Gasteiger partial charge is 0.351 e. The highest BCUT2D eigenvalue weighted by molar-refractivity contribution is 7.92. The van der Waals surface area contributed by atoms with Gasteiger partial charge in [-0.2, -0.15) is 5.10 Å². The minimum absolute atomic E-state index is 0.0262. The first-order valence-corrected chi connectivity index (χ1v) is 10.1. The summed E-state index contributed by atoms with van der Waals surface area (Å²) in [5.74, 6) is -0.625. The summed E-state index contributed by atoms with van der Waals surface area (Å²) in [5, 5.41) is 6.67. The molecule has 4 aromatic rings. The molecule has 0 radical (unpaired) electrons. The monoisotopic (exact) mass is 396 g/mol. The van der Waals surface area contributed by atoms with Gasteiger partial charge in [0.25, 0.3) is 5.91 Å². The Balaban J connectivity index is 1.36. The van der Waals surface area contributed by atoms with Crippen LogP contribution in [0, 0.1) is 0 Å². The van der Waals surface area contributed by atoms with Gasteiger partial charge in [-0.25, -0.2) is 12.9 Å². The Labute approximate surface area is 160 Å². The van der Waals surface area contributed by atoms with Crippen LogP contribution >= 0.6 is 0 Å². The fourth-order valence-electron chi connectivity index (χ4n) is 2.72. The van der Waals surface area contributed by atoms with Crippen molar-refractivity contribution in [2.24, 2.45) is 0 Å². The third-order valence-electron chi connectivity index (χ3n) is 4.06. The normalized spacial score (nSPS) is 11.6. The zero-order chi connectivity index (χ0) is 19.6. The summed E-state index contributed by atoms with van der Waals surface area (Å²) in [5.41, 5.74) is 2.88. The zero-order valence-electron chi connectivity index (χ0n) is 14.6. The molecule has 0 atom stereocenters. The summed E-state index contributed by atoms with van der Waals surface area (Å²) in [7, 11) is -3.62. The van der Waals surface area contributed by atoms with Crippen molar-refractivity contribution in [1.82, 2.24) is 24.9 Å². The zero-order valence-corrected chi connectivity index (χ0v) is 15.4. The topological polar surface area (TPSA) is 118 Å². The van der Waals surface area contributed by atoms with Gasteiger partial charge in [0.05, 0.1) is 28.0 Å². The molecule has 1 aromatic carbocycles. The van der Waals surface area contributed by atoms with Crippen molar-refractivity contribution in [3.8, 4) is 0 Å². The summed E-state index contributed by atoms with van der Waals surface area (Å²) in [6.45, 7) is -0.0262. The quantitative estimate of drug-likeness (QED) is 0.509. The molecule has 0 bridgehead atoms. The average molecular weight is 396 g/mol. The van der Waals surface area contributed by atoms with Gasteiger partial charge >= 0.3 is 0 Å². The number of sulfonamides is 1. The van der Waals surface area contributed by atoms with Crippen LogP contribution in [0.25, 0.3) is 16.6 Å². The van der Waals surface area contributed by atoms with Gasteiger partial charge in [-0.1, -0.05) is 0 Å². The molecule has 0 fully saturated rings. The Bertz CT molecular complexity index is 1270. The van der Waals surface area contributed by atoms with Gasteiger partial charge in [0.1, 0.15) is 0 Å². The van der Waals surface area contributed by atoms with Crippen LogP contribution in [-0.2, 0) is 10.0 Å². The molecule has 9 nitrogen and oxygen atoms in total. The smallest absolute Gasteiger partial charge is 0.251 e. The Morgan fingerprint density at radius 1 is 1.00 bits per heavy atom. The number of hydrogen-bond acceptors (Lipinski definition) is 6. The van der Waals surface area contributed by atoms with Crippen molar-refractivity contribution in [2.75, 3.05) is 17.0 Å². The van der Waals surface area contributed by atoms with Gasteiger partial charge in [0, 0.05) is 36.9 Å². The van der Waals surface area contributed by atoms with E-state index >= 15 is 0 Å². The lowest BCUT2D eigenvalue weighted by Gasteiger charge is -2.09. The van der Waals surface area contributed by atoms with E-state index in [-0.39, 0.29) is 18.2 Å². The second-order valence-electron chi connectivity index (χ2n) is 6.05. The van der Waals surface area contributed by atoms with Crippen LogP contribution in [0.5, 0.6) is 0 Å². The Hall–Kier alpha value is -3.53. The molecule has 0 saturated carbocycles. The van der Waals surface area contributed by atoms with Crippen LogP contribution in [0.3, 0.4) is 0 Å². The third-order valence-corrected chi connectivity index (χ3v) is 5.35. The van der Waals surface area contributed by atoms with Crippen molar-refractivity contribution in [2.45, 2.75) is 0 Å². The number of nitrogens with one attached hydrogen (secondary N) is 2. The molecule has 28 heavy (non-hydrogen) atoms. The number of aromatic nitrogens is 4. The number of benzene rings is 1. The number of hydrogen-bond donors (Lipinski definition) is 2. The van der Waals surface area contributed by atoms with Crippen molar-refractivity contribution >= 4 is 38.2 Å². The molecule has 2 N–H and O–H groups in total. The summed E-state index contributed by atoms with van der Waals surface area (Å²) in [6, 6.07) is 10.0. The SMILES string of the molecule is O=C(NCCS(=O)(=O)Nc1ccn2nccc2c1)c1ccc2nccnc2c1. The van der Waals surface area contributed by atoms with Crippen LogP contribution in [0.2, 0.25) is 0 Å². The predicted octanol–water partition coefficient (Wildman–Crippen LogP) is 1.45. The van der Waals surface area contributed by atoms with Gasteiger partial charge in [0.15, 0.2) is 0 Å². The molecule has 1 amide bonds. The number of amides is 1. The summed E-state index contributed by atoms with van der Waals surface area (Å²) >= 11 is 0. The number of fused-ring (bicyclic) bond motifs is 2. The number of carbonyl (C=O) groups excluding carboxylic acids is 1. The molecular formula is C18H16N6O3S. The number of pyridine rings is 1. The fourth-order valence-corrected chi connectivity index (χ4v) is 3.68. The number of nitrogens with zero attached hydrogens (tertiary/aromatic N) is 4. The van der Waals surface area contributed by atoms with E-state index in [0.717, 1.165) is 5.52 Å². The maximum Gasteiger partial charge on any atom is 0.251 e. The molecule has 0 spiro atoms. The van der Waals surface area contributed by atoms with Crippen LogP contribution in [0.1, 0.15) is 10.4 Å². The van der Waals surface area contributed by atoms with Gasteiger partial charge in [-0.15, -0.1) is 0 Å². The predicted molar refractivity (Wildman–Crippen MR) is 104 cm³/mol. The van der Waals surface area contributed by atoms with Gasteiger partial charge in [-0.05, 0) is 36.4 Å². The van der Waals surface area contributed by atoms with Crippen molar-refractivity contribution in [1.29, 1.82) is 0 Å². The lowest BCUT2D eigenvalue weighted by molar-refractivity contribution is 0.0956. The maximum atomic E-state index is 12.3. The maximum absolute atomic E-state index is 12.3. The first-order chi connectivity index (χ1) is 13.5. The number of anilines is 1. The molecule has 142 valence electrons. The van der Waals surface area contributed by atoms with E-state index in [2.05, 4.69) is 25.1 Å². The van der Waals surface area contributed by atoms with E-state index in [1.54, 1.807) is 65.7 Å². The minimum atomic E-state index is -3.62. The van der Waals surface area contributed by atoms with Gasteiger partial charge < -0.3 is 5.32 Å². The van der Waals surface area contributed by atoms with Crippen LogP contribution < -0.4 is 10.0 Å². The molecule has 3 heterocycles. The van der Waals surface area contributed by atoms with E-state index < -0.39 is 10.0 Å². The number of carbonyl (C=O) groups is 1. The van der Waals surface area contributed by atoms with Crippen molar-refractivity contribution in [3.05, 3.63) is 66.7 Å². The van der Waals surface area contributed by atoms with Crippen molar-refractivity contribution in [3.63, 3.8) is 0 Å². The molecule has 0 unspecified atom stereocenters. The first kappa shape index (κ1) is 17.9. The van der Waals surface area contributed by atoms with E-state index in [4.69, 9.17) is 0 Å². The standard InChI is InChI=1S/C18H16N6O3S/c25-18(13-1-2-16-17(11-13)20-7-6-19-16)21-8-10-28(26,27)23-14-4-9-24-15(12-14)3-5-22-24/h1-7,9,11-12,23H,8,10H2,(H,21,25). The first-order valence-electron chi connectivity index (χ1n) is 8.43. The van der Waals surface area contributed by atoms with Crippen LogP contribution in [0.4, 0.5) is 5.69 Å². The highest BCUT2D eigenvalue weighted by atomic mass is 32.2. The molecule has 0 saturated heterocycles. The molecule has 3 aromatic heterocycles. The van der Waals surface area contributed by atoms with E-state index in [9.17, 15) is 13.2 Å².